The summed E-state index contributed by atoms with van der Waals surface area (Å²) in [5.74, 6) is 1.70. The molecule has 0 radical (unpaired) electrons. The third-order valence-electron chi connectivity index (χ3n) is 4.06. The van der Waals surface area contributed by atoms with Crippen LogP contribution in [0, 0.1) is 5.92 Å². The van der Waals surface area contributed by atoms with Crippen molar-refractivity contribution in [2.75, 3.05) is 13.1 Å². The van der Waals surface area contributed by atoms with Crippen molar-refractivity contribution in [1.82, 2.24) is 10.3 Å². The van der Waals surface area contributed by atoms with Gasteiger partial charge >= 0.3 is 0 Å². The lowest BCUT2D eigenvalue weighted by atomic mass is 9.91. The molecule has 0 atom stereocenters. The summed E-state index contributed by atoms with van der Waals surface area (Å²) in [5.41, 5.74) is 2.65. The zero-order chi connectivity index (χ0) is 14.3. The first-order chi connectivity index (χ1) is 10.4. The van der Waals surface area contributed by atoms with Crippen molar-refractivity contribution >= 4 is 0 Å². The molecule has 1 aromatic heterocycles. The highest BCUT2D eigenvalue weighted by Gasteiger charge is 2.13. The van der Waals surface area contributed by atoms with Gasteiger partial charge in [0.1, 0.15) is 12.4 Å². The molecule has 3 heteroatoms. The van der Waals surface area contributed by atoms with E-state index in [1.807, 2.05) is 12.1 Å². The van der Waals surface area contributed by atoms with Crippen LogP contribution in [0.25, 0.3) is 0 Å². The lowest BCUT2D eigenvalue weighted by Crippen LogP contribution is -2.28. The Hall–Kier alpha value is -1.87. The number of ether oxygens (including phenoxy) is 1. The monoisotopic (exact) mass is 282 g/mol. The quantitative estimate of drug-likeness (QED) is 0.914. The maximum Gasteiger partial charge on any atom is 0.122 e. The molecule has 0 bridgehead atoms. The highest BCUT2D eigenvalue weighted by molar-refractivity contribution is 5.24. The maximum atomic E-state index is 5.73. The summed E-state index contributed by atoms with van der Waals surface area (Å²) in [6, 6.07) is 12.6. The molecule has 0 amide bonds. The van der Waals surface area contributed by atoms with Gasteiger partial charge in [-0.05, 0) is 61.5 Å². The van der Waals surface area contributed by atoms with Gasteiger partial charge in [-0.2, -0.15) is 0 Å². The molecule has 0 spiro atoms. The lowest BCUT2D eigenvalue weighted by molar-refractivity contribution is 0.306. The second-order valence-electron chi connectivity index (χ2n) is 5.69. The predicted molar refractivity (Wildman–Crippen MR) is 84.3 cm³/mol. The van der Waals surface area contributed by atoms with Gasteiger partial charge in [0.05, 0.1) is 0 Å². The number of hydrogen-bond acceptors (Lipinski definition) is 3. The number of nitrogens with one attached hydrogen (secondary N) is 1. The van der Waals surface area contributed by atoms with E-state index in [0.717, 1.165) is 11.7 Å². The van der Waals surface area contributed by atoms with Gasteiger partial charge < -0.3 is 10.1 Å². The van der Waals surface area contributed by atoms with Crippen molar-refractivity contribution in [3.05, 3.63) is 59.9 Å². The molecule has 0 saturated carbocycles. The number of hydrogen-bond donors (Lipinski definition) is 1. The first kappa shape index (κ1) is 14.1. The van der Waals surface area contributed by atoms with E-state index in [0.29, 0.717) is 6.61 Å². The van der Waals surface area contributed by atoms with E-state index in [2.05, 4.69) is 34.6 Å². The highest BCUT2D eigenvalue weighted by atomic mass is 16.5. The molecule has 1 N–H and O–H groups in total. The molecule has 2 aromatic rings. The molecule has 0 unspecified atom stereocenters. The van der Waals surface area contributed by atoms with Crippen LogP contribution >= 0.6 is 0 Å². The number of piperidine rings is 1. The molecule has 2 heterocycles. The lowest BCUT2D eigenvalue weighted by Gasteiger charge is -2.22. The van der Waals surface area contributed by atoms with Crippen LogP contribution in [-0.2, 0) is 13.0 Å². The van der Waals surface area contributed by atoms with E-state index in [4.69, 9.17) is 4.74 Å². The minimum atomic E-state index is 0.609. The summed E-state index contributed by atoms with van der Waals surface area (Å²) in [6.45, 7) is 2.95. The number of nitrogens with zero attached hydrogens (tertiary/aromatic N) is 1. The molecular weight excluding hydrogens is 260 g/mol. The Morgan fingerprint density at radius 1 is 0.952 bits per heavy atom. The van der Waals surface area contributed by atoms with E-state index in [1.165, 1.54) is 43.5 Å². The predicted octanol–water partition coefficient (Wildman–Crippen LogP) is 3.20. The Bertz CT molecular complexity index is 533. The van der Waals surface area contributed by atoms with Gasteiger partial charge in [0.15, 0.2) is 0 Å². The van der Waals surface area contributed by atoms with Gasteiger partial charge in [-0.15, -0.1) is 0 Å². The zero-order valence-electron chi connectivity index (χ0n) is 12.3. The van der Waals surface area contributed by atoms with Crippen LogP contribution in [0.5, 0.6) is 5.75 Å². The fraction of sp³-hybridized carbons (Fsp3) is 0.389. The van der Waals surface area contributed by atoms with Gasteiger partial charge in [0.25, 0.3) is 0 Å². The molecular formula is C18H22N2O. The van der Waals surface area contributed by atoms with Gasteiger partial charge in [-0.1, -0.05) is 24.3 Å². The topological polar surface area (TPSA) is 34.1 Å². The first-order valence-electron chi connectivity index (χ1n) is 7.71. The number of rotatable bonds is 5. The SMILES string of the molecule is c1cc(OCc2ccc(CC3CCNCC3)cc2)ccn1. The highest BCUT2D eigenvalue weighted by Crippen LogP contribution is 2.19. The van der Waals surface area contributed by atoms with Crippen molar-refractivity contribution in [2.45, 2.75) is 25.9 Å². The van der Waals surface area contributed by atoms with E-state index in [-0.39, 0.29) is 0 Å². The van der Waals surface area contributed by atoms with Crippen LogP contribution in [0.3, 0.4) is 0 Å². The Labute approximate surface area is 126 Å². The van der Waals surface area contributed by atoms with Crippen molar-refractivity contribution in [3.63, 3.8) is 0 Å². The second kappa shape index (κ2) is 7.23. The fourth-order valence-corrected chi connectivity index (χ4v) is 2.79. The third-order valence-corrected chi connectivity index (χ3v) is 4.06. The van der Waals surface area contributed by atoms with Crippen molar-refractivity contribution in [1.29, 1.82) is 0 Å². The summed E-state index contributed by atoms with van der Waals surface area (Å²) >= 11 is 0. The average molecular weight is 282 g/mol. The normalized spacial score (nSPS) is 15.8. The summed E-state index contributed by atoms with van der Waals surface area (Å²) in [7, 11) is 0. The van der Waals surface area contributed by atoms with Crippen molar-refractivity contribution < 1.29 is 4.74 Å². The summed E-state index contributed by atoms with van der Waals surface area (Å²) < 4.78 is 5.73. The third kappa shape index (κ3) is 4.30. The van der Waals surface area contributed by atoms with Gasteiger partial charge in [-0.3, -0.25) is 4.98 Å². The van der Waals surface area contributed by atoms with E-state index >= 15 is 0 Å². The molecule has 1 fully saturated rings. The van der Waals surface area contributed by atoms with Crippen LogP contribution in [-0.4, -0.2) is 18.1 Å². The molecule has 3 rings (SSSR count). The maximum absolute atomic E-state index is 5.73. The van der Waals surface area contributed by atoms with Crippen LogP contribution < -0.4 is 10.1 Å². The Morgan fingerprint density at radius 2 is 1.62 bits per heavy atom. The molecule has 21 heavy (non-hydrogen) atoms. The minimum Gasteiger partial charge on any atom is -0.489 e. The Morgan fingerprint density at radius 3 is 2.33 bits per heavy atom. The van der Waals surface area contributed by atoms with Crippen LogP contribution in [0.1, 0.15) is 24.0 Å². The zero-order valence-corrected chi connectivity index (χ0v) is 12.3. The summed E-state index contributed by atoms with van der Waals surface area (Å²) in [5, 5.41) is 3.42. The van der Waals surface area contributed by atoms with Crippen LogP contribution in [0.2, 0.25) is 0 Å². The first-order valence-corrected chi connectivity index (χ1v) is 7.71. The molecule has 3 nitrogen and oxygen atoms in total. The van der Waals surface area contributed by atoms with E-state index in [1.54, 1.807) is 12.4 Å². The number of pyridine rings is 1. The number of benzene rings is 1. The largest absolute Gasteiger partial charge is 0.489 e. The van der Waals surface area contributed by atoms with Crippen molar-refractivity contribution in [2.24, 2.45) is 5.92 Å². The smallest absolute Gasteiger partial charge is 0.122 e. The molecule has 1 saturated heterocycles. The van der Waals surface area contributed by atoms with E-state index in [9.17, 15) is 0 Å². The van der Waals surface area contributed by atoms with Gasteiger partial charge in [0.2, 0.25) is 0 Å². The van der Waals surface area contributed by atoms with Crippen LogP contribution in [0.15, 0.2) is 48.8 Å². The molecule has 1 aliphatic heterocycles. The molecule has 1 aliphatic rings. The second-order valence-corrected chi connectivity index (χ2v) is 5.69. The van der Waals surface area contributed by atoms with Crippen molar-refractivity contribution in [3.8, 4) is 5.75 Å². The molecule has 0 aliphatic carbocycles. The number of aromatic nitrogens is 1. The Balaban J connectivity index is 1.51. The molecule has 1 aromatic carbocycles. The summed E-state index contributed by atoms with van der Waals surface area (Å²) in [4.78, 5) is 3.98. The van der Waals surface area contributed by atoms with E-state index < -0.39 is 0 Å². The summed E-state index contributed by atoms with van der Waals surface area (Å²) in [6.07, 6.45) is 7.29. The standard InChI is InChI=1S/C18H22N2O/c1-3-17(14-21-18-7-11-20-12-8-18)4-2-15(1)13-16-5-9-19-10-6-16/h1-4,7-8,11-12,16,19H,5-6,9-10,13-14H2. The van der Waals surface area contributed by atoms with Gasteiger partial charge in [-0.25, -0.2) is 0 Å². The average Bonchev–Trinajstić information content (AvgIpc) is 2.56. The minimum absolute atomic E-state index is 0.609. The molecule has 110 valence electrons. The van der Waals surface area contributed by atoms with Gasteiger partial charge in [0, 0.05) is 12.4 Å². The fourth-order valence-electron chi connectivity index (χ4n) is 2.79. The Kier molecular flexibility index (Phi) is 4.85. The van der Waals surface area contributed by atoms with Crippen LogP contribution in [0.4, 0.5) is 0 Å².